The van der Waals surface area contributed by atoms with Crippen molar-refractivity contribution in [2.24, 2.45) is 11.8 Å². The highest BCUT2D eigenvalue weighted by Gasteiger charge is 2.59. The molecule has 3 atom stereocenters. The summed E-state index contributed by atoms with van der Waals surface area (Å²) < 4.78 is 37.9. The number of carbonyl (C=O) groups is 1. The first-order chi connectivity index (χ1) is 18.7. The van der Waals surface area contributed by atoms with Crippen LogP contribution in [0.25, 0.3) is 11.1 Å². The first-order valence-corrected chi connectivity index (χ1v) is 13.5. The molecule has 1 aromatic heterocycles. The third-order valence-electron chi connectivity index (χ3n) is 8.17. The predicted molar refractivity (Wildman–Crippen MR) is 142 cm³/mol. The molecule has 0 amide bonds. The average Bonchev–Trinajstić information content (AvgIpc) is 3.46. The number of hydrogen-bond acceptors (Lipinski definition) is 5. The van der Waals surface area contributed by atoms with Gasteiger partial charge in [-0.15, -0.1) is 0 Å². The van der Waals surface area contributed by atoms with Gasteiger partial charge in [-0.1, -0.05) is 18.2 Å². The van der Waals surface area contributed by atoms with Gasteiger partial charge in [-0.3, -0.25) is 9.69 Å². The van der Waals surface area contributed by atoms with Crippen LogP contribution in [-0.2, 0) is 17.8 Å². The van der Waals surface area contributed by atoms with E-state index >= 15 is 0 Å². The SMILES string of the molecule is Cc1cc(OCCCN2CC(F)(F)C2)cc(C)c1-c1cccc(COc2cc3c(cn2)[C@H]2[C@@H](C3)[C@@H]2C(=O)O)c1. The van der Waals surface area contributed by atoms with Crippen molar-refractivity contribution < 1.29 is 28.2 Å². The molecule has 1 N–H and O–H groups in total. The number of carboxylic acids is 1. The van der Waals surface area contributed by atoms with Gasteiger partial charge in [-0.05, 0) is 89.8 Å². The van der Waals surface area contributed by atoms with Gasteiger partial charge in [0.15, 0.2) is 0 Å². The minimum atomic E-state index is -2.53. The number of ether oxygens (including phenoxy) is 2. The van der Waals surface area contributed by atoms with E-state index in [0.717, 1.165) is 51.1 Å². The van der Waals surface area contributed by atoms with Crippen LogP contribution in [0.1, 0.15) is 40.2 Å². The molecule has 0 spiro atoms. The summed E-state index contributed by atoms with van der Waals surface area (Å²) in [5.74, 6) is -1.83. The van der Waals surface area contributed by atoms with Crippen molar-refractivity contribution in [2.45, 2.75) is 45.1 Å². The van der Waals surface area contributed by atoms with E-state index in [4.69, 9.17) is 9.47 Å². The third-order valence-corrected chi connectivity index (χ3v) is 8.17. The van der Waals surface area contributed by atoms with E-state index in [9.17, 15) is 18.7 Å². The number of aromatic nitrogens is 1. The van der Waals surface area contributed by atoms with E-state index in [2.05, 4.69) is 31.0 Å². The summed E-state index contributed by atoms with van der Waals surface area (Å²) >= 11 is 0. The fourth-order valence-electron chi connectivity index (χ4n) is 6.36. The van der Waals surface area contributed by atoms with Crippen LogP contribution in [0.2, 0.25) is 0 Å². The number of benzene rings is 2. The summed E-state index contributed by atoms with van der Waals surface area (Å²) in [6.07, 6.45) is 3.27. The summed E-state index contributed by atoms with van der Waals surface area (Å²) in [4.78, 5) is 17.5. The van der Waals surface area contributed by atoms with E-state index in [1.54, 1.807) is 11.1 Å². The first kappa shape index (κ1) is 25.7. The Morgan fingerprint density at radius 2 is 1.90 bits per heavy atom. The molecule has 6 nitrogen and oxygen atoms in total. The second-order valence-electron chi connectivity index (χ2n) is 11.2. The molecule has 0 bridgehead atoms. The van der Waals surface area contributed by atoms with Crippen molar-refractivity contribution >= 4 is 5.97 Å². The van der Waals surface area contributed by atoms with E-state index < -0.39 is 11.9 Å². The number of aryl methyl sites for hydroxylation is 2. The van der Waals surface area contributed by atoms with Crippen LogP contribution in [0.3, 0.4) is 0 Å². The number of halogens is 2. The fraction of sp³-hybridized carbons (Fsp3) is 0.419. The van der Waals surface area contributed by atoms with E-state index in [1.807, 2.05) is 30.3 Å². The molecule has 1 saturated heterocycles. The van der Waals surface area contributed by atoms with Crippen molar-refractivity contribution in [1.29, 1.82) is 0 Å². The molecular weight excluding hydrogens is 502 g/mol. The van der Waals surface area contributed by atoms with E-state index in [-0.39, 0.29) is 30.8 Å². The van der Waals surface area contributed by atoms with Crippen molar-refractivity contribution in [3.05, 3.63) is 76.5 Å². The molecule has 8 heteroatoms. The number of fused-ring (bicyclic) bond motifs is 3. The Hall–Kier alpha value is -3.52. The zero-order chi connectivity index (χ0) is 27.3. The lowest BCUT2D eigenvalue weighted by atomic mass is 9.94. The summed E-state index contributed by atoms with van der Waals surface area (Å²) in [6.45, 7) is 5.32. The van der Waals surface area contributed by atoms with Crippen LogP contribution in [0.5, 0.6) is 11.6 Å². The predicted octanol–water partition coefficient (Wildman–Crippen LogP) is 5.63. The number of hydrogen-bond donors (Lipinski definition) is 1. The molecule has 2 fully saturated rings. The van der Waals surface area contributed by atoms with Gasteiger partial charge in [-0.25, -0.2) is 13.8 Å². The number of rotatable bonds is 10. The van der Waals surface area contributed by atoms with E-state index in [1.165, 1.54) is 0 Å². The second-order valence-corrected chi connectivity index (χ2v) is 11.2. The normalized spacial score (nSPS) is 22.5. The maximum atomic E-state index is 13.0. The van der Waals surface area contributed by atoms with Gasteiger partial charge >= 0.3 is 5.97 Å². The van der Waals surface area contributed by atoms with Crippen molar-refractivity contribution in [1.82, 2.24) is 9.88 Å². The van der Waals surface area contributed by atoms with Gasteiger partial charge in [0.05, 0.1) is 25.6 Å². The van der Waals surface area contributed by atoms with Crippen LogP contribution in [0.4, 0.5) is 8.78 Å². The molecule has 1 aliphatic heterocycles. The fourth-order valence-corrected chi connectivity index (χ4v) is 6.36. The highest BCUT2D eigenvalue weighted by Crippen LogP contribution is 2.61. The Kier molecular flexibility index (Phi) is 6.53. The Bertz CT molecular complexity index is 1390. The molecule has 1 saturated carbocycles. The maximum Gasteiger partial charge on any atom is 0.307 e. The molecule has 0 radical (unpaired) electrons. The highest BCUT2D eigenvalue weighted by atomic mass is 19.3. The van der Waals surface area contributed by atoms with Crippen molar-refractivity contribution in [2.75, 3.05) is 26.2 Å². The summed E-state index contributed by atoms with van der Waals surface area (Å²) in [5.41, 5.74) is 7.68. The van der Waals surface area contributed by atoms with Gasteiger partial charge in [0.2, 0.25) is 5.88 Å². The second kappa shape index (κ2) is 9.90. The van der Waals surface area contributed by atoms with Crippen LogP contribution < -0.4 is 9.47 Å². The lowest BCUT2D eigenvalue weighted by Gasteiger charge is -2.38. The quantitative estimate of drug-likeness (QED) is 0.340. The van der Waals surface area contributed by atoms with Gasteiger partial charge < -0.3 is 14.6 Å². The molecule has 2 aliphatic carbocycles. The van der Waals surface area contributed by atoms with Gasteiger partial charge in [0.25, 0.3) is 5.92 Å². The van der Waals surface area contributed by atoms with Gasteiger partial charge in [0, 0.05) is 24.7 Å². The molecular formula is C31H32F2N2O4. The minimum absolute atomic E-state index is 0.111. The number of alkyl halides is 2. The molecule has 2 heterocycles. The Morgan fingerprint density at radius 3 is 2.62 bits per heavy atom. The monoisotopic (exact) mass is 534 g/mol. The Balaban J connectivity index is 1.06. The highest BCUT2D eigenvalue weighted by molar-refractivity contribution is 5.77. The molecule has 204 valence electrons. The lowest BCUT2D eigenvalue weighted by Crippen LogP contribution is -2.56. The zero-order valence-corrected chi connectivity index (χ0v) is 22.1. The number of pyridine rings is 1. The number of carboxylic acid groups (broad SMARTS) is 1. The number of likely N-dealkylation sites (tertiary alicyclic amines) is 1. The van der Waals surface area contributed by atoms with Crippen LogP contribution in [0, 0.1) is 25.7 Å². The first-order valence-electron chi connectivity index (χ1n) is 13.5. The standard InChI is InChI=1S/C31H32F2N2O4/c1-18-9-23(38-8-4-7-35-16-31(32,33)17-35)10-19(2)27(18)21-6-3-5-20(11-21)15-39-26-13-22-12-24-28(25(22)14-34-26)29(24)30(36)37/h3,5-6,9-11,13-14,24,28-29H,4,7-8,12,15-17H2,1-2H3,(H,36,37)/t24-,28-,29+/m1/s1. The molecule has 3 aromatic rings. The molecule has 2 aromatic carbocycles. The van der Waals surface area contributed by atoms with Crippen LogP contribution in [-0.4, -0.2) is 53.1 Å². The lowest BCUT2D eigenvalue weighted by molar-refractivity contribution is -0.139. The zero-order valence-electron chi connectivity index (χ0n) is 22.1. The smallest absolute Gasteiger partial charge is 0.307 e. The third kappa shape index (κ3) is 5.22. The van der Waals surface area contributed by atoms with Crippen molar-refractivity contribution in [3.63, 3.8) is 0 Å². The van der Waals surface area contributed by atoms with Crippen LogP contribution >= 0.6 is 0 Å². The molecule has 39 heavy (non-hydrogen) atoms. The van der Waals surface area contributed by atoms with Crippen LogP contribution in [0.15, 0.2) is 48.7 Å². The molecule has 0 unspecified atom stereocenters. The number of aliphatic carboxylic acids is 1. The Labute approximate surface area is 226 Å². The van der Waals surface area contributed by atoms with Gasteiger partial charge in [0.1, 0.15) is 12.4 Å². The average molecular weight is 535 g/mol. The molecule has 3 aliphatic rings. The van der Waals surface area contributed by atoms with Crippen molar-refractivity contribution in [3.8, 4) is 22.8 Å². The maximum absolute atomic E-state index is 13.0. The minimum Gasteiger partial charge on any atom is -0.494 e. The summed E-state index contributed by atoms with van der Waals surface area (Å²) in [5, 5.41) is 9.31. The number of nitrogens with zero attached hydrogens (tertiary/aromatic N) is 2. The van der Waals surface area contributed by atoms with E-state index in [0.29, 0.717) is 32.1 Å². The Morgan fingerprint density at radius 1 is 1.13 bits per heavy atom. The molecule has 6 rings (SSSR count). The topological polar surface area (TPSA) is 71.9 Å². The summed E-state index contributed by atoms with van der Waals surface area (Å²) in [7, 11) is 0. The largest absolute Gasteiger partial charge is 0.494 e. The summed E-state index contributed by atoms with van der Waals surface area (Å²) in [6, 6.07) is 14.3. The van der Waals surface area contributed by atoms with Gasteiger partial charge in [-0.2, -0.15) is 0 Å².